The van der Waals surface area contributed by atoms with E-state index < -0.39 is 46.8 Å². The van der Waals surface area contributed by atoms with E-state index in [-0.39, 0.29) is 42.9 Å². The second kappa shape index (κ2) is 8.42. The number of hydrogen-bond donors (Lipinski definition) is 2. The molecule has 2 aliphatic heterocycles. The summed E-state index contributed by atoms with van der Waals surface area (Å²) in [5.41, 5.74) is 2.47. The maximum absolute atomic E-state index is 13.3. The lowest BCUT2D eigenvalue weighted by molar-refractivity contribution is -0.858. The number of aliphatic hydroxyl groups is 1. The molecule has 160 valence electrons. The van der Waals surface area contributed by atoms with Gasteiger partial charge in [0.2, 0.25) is 11.9 Å². The van der Waals surface area contributed by atoms with Gasteiger partial charge in [0.15, 0.2) is 0 Å². The normalized spacial score (nSPS) is 20.7. The van der Waals surface area contributed by atoms with Crippen LogP contribution in [0.5, 0.6) is 0 Å². The number of carbonyl (C=O) groups excluding carboxylic acids is 5. The molecule has 0 bridgehead atoms. The van der Waals surface area contributed by atoms with Gasteiger partial charge in [-0.3, -0.25) is 19.3 Å². The molecule has 0 unspecified atom stereocenters. The number of hydrogen-bond acceptors (Lipinski definition) is 8. The second-order valence-electron chi connectivity index (χ2n) is 7.70. The molecule has 1 saturated heterocycles. The molecule has 1 atom stereocenters. The molecule has 0 radical (unpaired) electrons. The predicted molar refractivity (Wildman–Crippen MR) is 101 cm³/mol. The molecular formula is C20H24N3O7+. The van der Waals surface area contributed by atoms with Gasteiger partial charge in [0.25, 0.3) is 5.91 Å². The van der Waals surface area contributed by atoms with E-state index in [4.69, 9.17) is 4.84 Å². The first-order valence-electron chi connectivity index (χ1n) is 9.73. The Bertz CT molecular complexity index is 876. The van der Waals surface area contributed by atoms with E-state index in [0.717, 1.165) is 4.90 Å². The van der Waals surface area contributed by atoms with Gasteiger partial charge in [-0.05, 0) is 18.1 Å². The maximum atomic E-state index is 13.3. The average molecular weight is 418 g/mol. The summed E-state index contributed by atoms with van der Waals surface area (Å²) < 4.78 is -1.27. The summed E-state index contributed by atoms with van der Waals surface area (Å²) in [6, 6.07) is 4.75. The second-order valence-corrected chi connectivity index (χ2v) is 7.70. The zero-order valence-corrected chi connectivity index (χ0v) is 16.8. The fourth-order valence-electron chi connectivity index (χ4n) is 3.77. The van der Waals surface area contributed by atoms with Crippen LogP contribution < -0.4 is 5.59 Å². The Hall–Kier alpha value is -2.95. The van der Waals surface area contributed by atoms with E-state index in [2.05, 4.69) is 5.59 Å². The van der Waals surface area contributed by atoms with Gasteiger partial charge in [-0.15, -0.1) is 0 Å². The summed E-state index contributed by atoms with van der Waals surface area (Å²) in [5, 5.41) is 9.21. The topological polar surface area (TPSA) is 130 Å². The maximum Gasteiger partial charge on any atom is 0.377 e. The molecule has 0 spiro atoms. The standard InChI is InChI=1S/C20H24N3O7/c1-12(2)11-17(26)30-21-23(15-7-8-16(25)22(9-10-24)18(15)27)19(28)13-5-3-4-6-14(13)20(23)29/h3-6,12,15,21,24H,7-11H2,1-2H3/q+1/t15-/m0/s1. The molecule has 4 amide bonds. The Morgan fingerprint density at radius 3 is 2.33 bits per heavy atom. The first-order valence-corrected chi connectivity index (χ1v) is 9.73. The van der Waals surface area contributed by atoms with Crippen LogP contribution in [-0.4, -0.2) is 63.4 Å². The predicted octanol–water partition coefficient (Wildman–Crippen LogP) is 0.316. The number of nitrogens with one attached hydrogen (secondary N) is 1. The number of piperidine rings is 1. The van der Waals surface area contributed by atoms with Crippen molar-refractivity contribution in [2.45, 2.75) is 39.2 Å². The number of rotatable bonds is 7. The van der Waals surface area contributed by atoms with Crippen LogP contribution in [0.4, 0.5) is 0 Å². The van der Waals surface area contributed by atoms with Crippen LogP contribution in [0.15, 0.2) is 24.3 Å². The number of quaternary nitrogens is 1. The van der Waals surface area contributed by atoms with E-state index >= 15 is 0 Å². The zero-order chi connectivity index (χ0) is 22.1. The molecule has 10 nitrogen and oxygen atoms in total. The van der Waals surface area contributed by atoms with Crippen LogP contribution in [-0.2, 0) is 19.2 Å². The van der Waals surface area contributed by atoms with E-state index in [1.165, 1.54) is 12.1 Å². The third-order valence-electron chi connectivity index (χ3n) is 5.18. The van der Waals surface area contributed by atoms with Crippen molar-refractivity contribution in [1.82, 2.24) is 10.5 Å². The van der Waals surface area contributed by atoms with Crippen molar-refractivity contribution < 1.29 is 38.5 Å². The molecule has 0 saturated carbocycles. The summed E-state index contributed by atoms with van der Waals surface area (Å²) in [6.45, 7) is 2.90. The van der Waals surface area contributed by atoms with Crippen molar-refractivity contribution in [3.8, 4) is 0 Å². The van der Waals surface area contributed by atoms with Gasteiger partial charge < -0.3 is 9.94 Å². The van der Waals surface area contributed by atoms with E-state index in [1.54, 1.807) is 26.0 Å². The summed E-state index contributed by atoms with van der Waals surface area (Å²) >= 11 is 0. The van der Waals surface area contributed by atoms with Crippen molar-refractivity contribution in [3.05, 3.63) is 35.4 Å². The highest BCUT2D eigenvalue weighted by molar-refractivity contribution is 6.15. The number of fused-ring (bicyclic) bond motifs is 1. The number of amides is 4. The van der Waals surface area contributed by atoms with Crippen molar-refractivity contribution in [2.24, 2.45) is 5.92 Å². The van der Waals surface area contributed by atoms with Crippen LogP contribution in [0.25, 0.3) is 0 Å². The van der Waals surface area contributed by atoms with Gasteiger partial charge in [0.1, 0.15) is 0 Å². The number of aliphatic hydroxyl groups excluding tert-OH is 1. The molecule has 1 aromatic carbocycles. The molecule has 10 heteroatoms. The molecule has 0 aromatic heterocycles. The largest absolute Gasteiger partial charge is 0.395 e. The SMILES string of the molecule is CC(C)CC(=O)ON[N+]1([C@H]2CCC(=O)N(CCO)C2=O)C(=O)c2ccccc2C1=O. The minimum Gasteiger partial charge on any atom is -0.395 e. The summed E-state index contributed by atoms with van der Waals surface area (Å²) in [4.78, 5) is 69.9. The number of benzene rings is 1. The highest BCUT2D eigenvalue weighted by Gasteiger charge is 2.64. The van der Waals surface area contributed by atoms with Crippen molar-refractivity contribution >= 4 is 29.6 Å². The van der Waals surface area contributed by atoms with Crippen LogP contribution in [0.2, 0.25) is 0 Å². The Kier molecular flexibility index (Phi) is 6.11. The Labute approximate surface area is 172 Å². The van der Waals surface area contributed by atoms with E-state index in [0.29, 0.717) is 0 Å². The fraction of sp³-hybridized carbons (Fsp3) is 0.450. The third-order valence-corrected chi connectivity index (χ3v) is 5.18. The van der Waals surface area contributed by atoms with Gasteiger partial charge in [0.05, 0.1) is 24.3 Å². The van der Waals surface area contributed by atoms with E-state index in [1.807, 2.05) is 0 Å². The van der Waals surface area contributed by atoms with Gasteiger partial charge in [0, 0.05) is 24.9 Å². The molecule has 1 fully saturated rings. The first kappa shape index (κ1) is 21.8. The van der Waals surface area contributed by atoms with Crippen molar-refractivity contribution in [3.63, 3.8) is 0 Å². The molecule has 2 N–H and O–H groups in total. The molecule has 30 heavy (non-hydrogen) atoms. The summed E-state index contributed by atoms with van der Waals surface area (Å²) in [7, 11) is 0. The fourth-order valence-corrected chi connectivity index (χ4v) is 3.77. The summed E-state index contributed by atoms with van der Waals surface area (Å²) in [6.07, 6.45) is -0.162. The average Bonchev–Trinajstić information content (AvgIpc) is 2.92. The van der Waals surface area contributed by atoms with Gasteiger partial charge in [-0.25, -0.2) is 9.59 Å². The molecule has 3 rings (SSSR count). The molecule has 2 aliphatic rings. The Balaban J connectivity index is 2.02. The van der Waals surface area contributed by atoms with Gasteiger partial charge >= 0.3 is 17.8 Å². The van der Waals surface area contributed by atoms with E-state index in [9.17, 15) is 29.1 Å². The highest BCUT2D eigenvalue weighted by Crippen LogP contribution is 2.35. The molecule has 1 aromatic rings. The van der Waals surface area contributed by atoms with Crippen LogP contribution in [0, 0.1) is 5.92 Å². The lowest BCUT2D eigenvalue weighted by Crippen LogP contribution is -2.72. The smallest absolute Gasteiger partial charge is 0.377 e. The highest BCUT2D eigenvalue weighted by atomic mass is 16.7. The molecular weight excluding hydrogens is 394 g/mol. The van der Waals surface area contributed by atoms with Crippen LogP contribution >= 0.6 is 0 Å². The quantitative estimate of drug-likeness (QED) is 0.368. The van der Waals surface area contributed by atoms with Crippen LogP contribution in [0.3, 0.4) is 0 Å². The first-order chi connectivity index (χ1) is 14.2. The summed E-state index contributed by atoms with van der Waals surface area (Å²) in [5.74, 6) is -3.50. The number of likely N-dealkylation sites (tertiary alicyclic amines) is 1. The molecule has 0 aliphatic carbocycles. The minimum atomic E-state index is -1.33. The lowest BCUT2D eigenvalue weighted by Gasteiger charge is -2.38. The van der Waals surface area contributed by atoms with Crippen molar-refractivity contribution in [2.75, 3.05) is 13.2 Å². The number of β-amino-alcohol motifs (C(OH)–C–C–N with tert-alkyl or cyclic N) is 1. The van der Waals surface area contributed by atoms with Gasteiger partial charge in [-0.1, -0.05) is 30.6 Å². The number of nitrogens with zero attached hydrogens (tertiary/aromatic N) is 2. The van der Waals surface area contributed by atoms with Crippen LogP contribution in [0.1, 0.15) is 53.8 Å². The molecule has 2 heterocycles. The lowest BCUT2D eigenvalue weighted by atomic mass is 10.0. The zero-order valence-electron chi connectivity index (χ0n) is 16.8. The Morgan fingerprint density at radius 1 is 1.20 bits per heavy atom. The van der Waals surface area contributed by atoms with Gasteiger partial charge in [-0.2, -0.15) is 0 Å². The van der Waals surface area contributed by atoms with Crippen molar-refractivity contribution in [1.29, 1.82) is 0 Å². The number of imide groups is 2. The minimum absolute atomic E-state index is 0.0242. The monoisotopic (exact) mass is 418 g/mol. The Morgan fingerprint density at radius 2 is 1.80 bits per heavy atom. The third kappa shape index (κ3) is 3.53. The number of carbonyl (C=O) groups is 5.